The highest BCUT2D eigenvalue weighted by Crippen LogP contribution is 2.52. The van der Waals surface area contributed by atoms with Crippen LogP contribution in [-0.4, -0.2) is 43.9 Å². The van der Waals surface area contributed by atoms with Gasteiger partial charge in [-0.1, -0.05) is 118 Å². The highest BCUT2D eigenvalue weighted by atomic mass is 31.2. The summed E-state index contributed by atoms with van der Waals surface area (Å²) in [6.45, 7) is 7.41. The molecule has 1 fully saturated rings. The molecular weight excluding hydrogens is 579 g/mol. The predicted octanol–water partition coefficient (Wildman–Crippen LogP) is 8.25. The second-order valence-electron chi connectivity index (χ2n) is 10.9. The first kappa shape index (κ1) is 34.5. The van der Waals surface area contributed by atoms with E-state index in [2.05, 4.69) is 0 Å². The van der Waals surface area contributed by atoms with Gasteiger partial charge in [0.15, 0.2) is 6.29 Å². The van der Waals surface area contributed by atoms with Gasteiger partial charge in [-0.2, -0.15) is 0 Å². The van der Waals surface area contributed by atoms with Crippen molar-refractivity contribution < 1.29 is 37.1 Å². The minimum Gasteiger partial charge on any atom is -0.368 e. The molecule has 0 bridgehead atoms. The number of benzene rings is 3. The maximum atomic E-state index is 14.0. The Balaban J connectivity index is 1.62. The molecule has 44 heavy (non-hydrogen) atoms. The van der Waals surface area contributed by atoms with Crippen LogP contribution in [0.25, 0.3) is 0 Å². The number of phosphoric acid groups is 1. The van der Waals surface area contributed by atoms with Gasteiger partial charge in [0.25, 0.3) is 0 Å². The Kier molecular flexibility index (Phi) is 14.5. The van der Waals surface area contributed by atoms with Gasteiger partial charge in [0, 0.05) is 0 Å². The number of unbranched alkanes of at least 4 members (excludes halogenated alkanes) is 2. The first-order chi connectivity index (χ1) is 21.5. The average Bonchev–Trinajstić information content (AvgIpc) is 3.04. The minimum absolute atomic E-state index is 0.245. The lowest BCUT2D eigenvalue weighted by Gasteiger charge is -2.45. The second-order valence-corrected chi connectivity index (χ2v) is 12.5. The molecule has 1 aliphatic heterocycles. The van der Waals surface area contributed by atoms with E-state index in [9.17, 15) is 4.57 Å². The maximum absolute atomic E-state index is 14.0. The summed E-state index contributed by atoms with van der Waals surface area (Å²) >= 11 is 0. The van der Waals surface area contributed by atoms with Crippen LogP contribution in [0.4, 0.5) is 0 Å². The molecule has 1 aliphatic rings. The molecule has 0 amide bonds. The van der Waals surface area contributed by atoms with Crippen LogP contribution in [-0.2, 0) is 56.9 Å². The zero-order valence-electron chi connectivity index (χ0n) is 26.1. The molecular formula is C35H47O8P. The zero-order chi connectivity index (χ0) is 31.0. The largest absolute Gasteiger partial charge is 0.477 e. The highest BCUT2D eigenvalue weighted by molar-refractivity contribution is 7.48. The van der Waals surface area contributed by atoms with Gasteiger partial charge in [-0.25, -0.2) is 4.57 Å². The van der Waals surface area contributed by atoms with Crippen LogP contribution < -0.4 is 0 Å². The van der Waals surface area contributed by atoms with E-state index in [0.29, 0.717) is 13.2 Å². The van der Waals surface area contributed by atoms with Crippen molar-refractivity contribution >= 4 is 7.82 Å². The van der Waals surface area contributed by atoms with E-state index in [1.807, 2.05) is 112 Å². The van der Waals surface area contributed by atoms with Crippen molar-refractivity contribution in [3.63, 3.8) is 0 Å². The molecule has 9 heteroatoms. The van der Waals surface area contributed by atoms with Crippen molar-refractivity contribution in [2.75, 3.05) is 13.2 Å². The summed E-state index contributed by atoms with van der Waals surface area (Å²) in [6.07, 6.45) is -0.335. The summed E-state index contributed by atoms with van der Waals surface area (Å²) in [5.74, 6) is 0. The molecule has 0 N–H and O–H groups in total. The SMILES string of the molecule is CCCCOP(=O)(OCCCC)O[C@@H]1O[C@@H](C)[C@@H](OCc2ccccc2)[C@@H](OCc2ccccc2)[C@@H]1OCc1ccccc1. The number of hydrogen-bond acceptors (Lipinski definition) is 8. The van der Waals surface area contributed by atoms with E-state index in [0.717, 1.165) is 42.4 Å². The van der Waals surface area contributed by atoms with E-state index in [-0.39, 0.29) is 19.8 Å². The van der Waals surface area contributed by atoms with Crippen molar-refractivity contribution in [2.24, 2.45) is 0 Å². The first-order valence-corrected chi connectivity index (χ1v) is 17.2. The number of rotatable bonds is 19. The lowest BCUT2D eigenvalue weighted by molar-refractivity contribution is -0.303. The van der Waals surface area contributed by atoms with Gasteiger partial charge in [-0.3, -0.25) is 13.6 Å². The zero-order valence-corrected chi connectivity index (χ0v) is 27.0. The van der Waals surface area contributed by atoms with E-state index in [1.165, 1.54) is 0 Å². The van der Waals surface area contributed by atoms with Crippen LogP contribution in [0.5, 0.6) is 0 Å². The monoisotopic (exact) mass is 626 g/mol. The summed E-state index contributed by atoms with van der Waals surface area (Å²) in [7, 11) is -3.99. The summed E-state index contributed by atoms with van der Waals surface area (Å²) < 4.78 is 57.7. The van der Waals surface area contributed by atoms with Crippen LogP contribution in [0.3, 0.4) is 0 Å². The molecule has 1 heterocycles. The van der Waals surface area contributed by atoms with Crippen LogP contribution >= 0.6 is 7.82 Å². The molecule has 0 saturated carbocycles. The summed E-state index contributed by atoms with van der Waals surface area (Å²) in [6, 6.07) is 29.7. The van der Waals surface area contributed by atoms with Gasteiger partial charge >= 0.3 is 7.82 Å². The lowest BCUT2D eigenvalue weighted by atomic mass is 9.98. The summed E-state index contributed by atoms with van der Waals surface area (Å²) in [4.78, 5) is 0. The smallest absolute Gasteiger partial charge is 0.368 e. The van der Waals surface area contributed by atoms with E-state index in [1.54, 1.807) is 0 Å². The molecule has 0 spiro atoms. The highest BCUT2D eigenvalue weighted by Gasteiger charge is 2.50. The van der Waals surface area contributed by atoms with Gasteiger partial charge < -0.3 is 18.9 Å². The Hall–Kier alpha value is -2.39. The predicted molar refractivity (Wildman–Crippen MR) is 170 cm³/mol. The first-order valence-electron chi connectivity index (χ1n) is 15.7. The third-order valence-corrected chi connectivity index (χ3v) is 8.77. The van der Waals surface area contributed by atoms with E-state index < -0.39 is 38.5 Å². The molecule has 8 nitrogen and oxygen atoms in total. The van der Waals surface area contributed by atoms with Gasteiger partial charge in [-0.05, 0) is 36.5 Å². The van der Waals surface area contributed by atoms with E-state index in [4.69, 9.17) is 32.5 Å². The molecule has 0 unspecified atom stereocenters. The third kappa shape index (κ3) is 10.9. The van der Waals surface area contributed by atoms with Gasteiger partial charge in [-0.15, -0.1) is 0 Å². The fourth-order valence-corrected chi connectivity index (χ4v) is 6.15. The molecule has 0 aliphatic carbocycles. The van der Waals surface area contributed by atoms with Crippen molar-refractivity contribution in [3.05, 3.63) is 108 Å². The molecule has 3 aromatic rings. The Morgan fingerprint density at radius 1 is 0.614 bits per heavy atom. The van der Waals surface area contributed by atoms with Crippen molar-refractivity contribution in [3.8, 4) is 0 Å². The average molecular weight is 627 g/mol. The van der Waals surface area contributed by atoms with Crippen molar-refractivity contribution in [2.45, 2.75) is 97.0 Å². The lowest BCUT2D eigenvalue weighted by Crippen LogP contribution is -2.59. The van der Waals surface area contributed by atoms with Gasteiger partial charge in [0.2, 0.25) is 0 Å². The Morgan fingerprint density at radius 3 is 1.45 bits per heavy atom. The number of phosphoric ester groups is 1. The molecule has 0 aromatic heterocycles. The normalized spacial score (nSPS) is 22.2. The summed E-state index contributed by atoms with van der Waals surface area (Å²) in [5, 5.41) is 0. The molecule has 5 atom stereocenters. The van der Waals surface area contributed by atoms with Crippen molar-refractivity contribution in [1.29, 1.82) is 0 Å². The van der Waals surface area contributed by atoms with Crippen LogP contribution in [0, 0.1) is 0 Å². The van der Waals surface area contributed by atoms with Crippen LogP contribution in [0.1, 0.15) is 63.1 Å². The molecule has 4 rings (SSSR count). The summed E-state index contributed by atoms with van der Waals surface area (Å²) in [5.41, 5.74) is 3.00. The Morgan fingerprint density at radius 2 is 1.02 bits per heavy atom. The van der Waals surface area contributed by atoms with Crippen LogP contribution in [0.2, 0.25) is 0 Å². The minimum atomic E-state index is -3.99. The topological polar surface area (TPSA) is 81.7 Å². The Bertz CT molecular complexity index is 1220. The maximum Gasteiger partial charge on any atom is 0.477 e. The third-order valence-electron chi connectivity index (χ3n) is 7.31. The quantitative estimate of drug-likeness (QED) is 0.0972. The standard InChI is InChI=1S/C35H47O8P/c1-4-6-23-40-44(36,41-24-7-5-2)43-35-34(39-27-31-21-15-10-16-22-31)33(38-26-30-19-13-9-14-20-30)32(28(3)42-35)37-25-29-17-11-8-12-18-29/h8-22,28,32-35H,4-7,23-27H2,1-3H3/t28-,32+,33+,34-,35-/m0/s1. The van der Waals surface area contributed by atoms with Gasteiger partial charge in [0.05, 0.1) is 39.1 Å². The van der Waals surface area contributed by atoms with Gasteiger partial charge in [0.1, 0.15) is 18.3 Å². The molecule has 0 radical (unpaired) electrons. The van der Waals surface area contributed by atoms with E-state index >= 15 is 0 Å². The second kappa shape index (κ2) is 18.5. The van der Waals surface area contributed by atoms with Crippen molar-refractivity contribution in [1.82, 2.24) is 0 Å². The Labute approximate surface area is 262 Å². The number of ether oxygens (including phenoxy) is 4. The molecule has 1 saturated heterocycles. The molecule has 3 aromatic carbocycles. The molecule has 240 valence electrons. The van der Waals surface area contributed by atoms with Crippen LogP contribution in [0.15, 0.2) is 91.0 Å². The number of hydrogen-bond donors (Lipinski definition) is 0. The fourth-order valence-electron chi connectivity index (χ4n) is 4.82. The fraction of sp³-hybridized carbons (Fsp3) is 0.486.